The number of alkyl halides is 1. The summed E-state index contributed by atoms with van der Waals surface area (Å²) in [5.41, 5.74) is 7.94. The van der Waals surface area contributed by atoms with E-state index in [1.54, 1.807) is 6.07 Å². The fraction of sp³-hybridized carbons (Fsp3) is 0.500. The van der Waals surface area contributed by atoms with E-state index in [0.717, 1.165) is 12.0 Å². The van der Waals surface area contributed by atoms with Crippen molar-refractivity contribution in [3.05, 3.63) is 29.3 Å². The van der Waals surface area contributed by atoms with E-state index in [4.69, 9.17) is 17.3 Å². The molecule has 2 atom stereocenters. The molecule has 1 aromatic carbocycles. The third-order valence-electron chi connectivity index (χ3n) is 2.65. The molecule has 0 aliphatic heterocycles. The van der Waals surface area contributed by atoms with Crippen LogP contribution < -0.4 is 5.73 Å². The second kappa shape index (κ2) is 6.09. The van der Waals surface area contributed by atoms with Crippen molar-refractivity contribution in [1.29, 1.82) is 0 Å². The minimum Gasteiger partial charge on any atom is -0.398 e. The van der Waals surface area contributed by atoms with Crippen LogP contribution in [-0.4, -0.2) is 22.2 Å². The summed E-state index contributed by atoms with van der Waals surface area (Å²) in [5, 5.41) is 19.6. The lowest BCUT2D eigenvalue weighted by Crippen LogP contribution is -2.20. The van der Waals surface area contributed by atoms with Crippen LogP contribution in [0.25, 0.3) is 0 Å². The summed E-state index contributed by atoms with van der Waals surface area (Å²) in [4.78, 5) is 0. The van der Waals surface area contributed by atoms with Gasteiger partial charge in [-0.05, 0) is 24.5 Å². The molecule has 1 aromatic rings. The fourth-order valence-corrected chi connectivity index (χ4v) is 1.80. The Balaban J connectivity index is 2.92. The summed E-state index contributed by atoms with van der Waals surface area (Å²) in [6.07, 6.45) is -0.624. The predicted molar refractivity (Wildman–Crippen MR) is 66.5 cm³/mol. The lowest BCUT2D eigenvalue weighted by atomic mass is 9.98. The van der Waals surface area contributed by atoms with E-state index in [1.165, 1.54) is 0 Å². The highest BCUT2D eigenvalue weighted by Crippen LogP contribution is 2.26. The quantitative estimate of drug-likeness (QED) is 0.546. The van der Waals surface area contributed by atoms with Gasteiger partial charge in [-0.1, -0.05) is 19.1 Å². The van der Waals surface area contributed by atoms with Crippen LogP contribution in [0.3, 0.4) is 0 Å². The van der Waals surface area contributed by atoms with Crippen molar-refractivity contribution in [2.45, 2.75) is 32.0 Å². The molecule has 0 aliphatic rings. The molecule has 0 aromatic heterocycles. The first-order chi connectivity index (χ1) is 7.60. The molecule has 2 unspecified atom stereocenters. The van der Waals surface area contributed by atoms with E-state index >= 15 is 0 Å². The monoisotopic (exact) mass is 243 g/mol. The summed E-state index contributed by atoms with van der Waals surface area (Å²) in [6, 6.07) is 5.50. The Hall–Kier alpha value is -0.770. The van der Waals surface area contributed by atoms with Gasteiger partial charge in [0.2, 0.25) is 0 Å². The minimum absolute atomic E-state index is 0.311. The molecule has 16 heavy (non-hydrogen) atoms. The number of halogens is 1. The van der Waals surface area contributed by atoms with Crippen molar-refractivity contribution in [3.63, 3.8) is 0 Å². The number of anilines is 1. The van der Waals surface area contributed by atoms with Gasteiger partial charge in [0, 0.05) is 17.1 Å². The Morgan fingerprint density at radius 1 is 1.38 bits per heavy atom. The van der Waals surface area contributed by atoms with Gasteiger partial charge in [0.25, 0.3) is 0 Å². The van der Waals surface area contributed by atoms with Crippen LogP contribution in [0.2, 0.25) is 0 Å². The van der Waals surface area contributed by atoms with Gasteiger partial charge in [0.05, 0.1) is 6.10 Å². The first kappa shape index (κ1) is 13.3. The highest BCUT2D eigenvalue weighted by Gasteiger charge is 2.20. The highest BCUT2D eigenvalue weighted by atomic mass is 35.5. The number of nitrogens with two attached hydrogens (primary N) is 1. The van der Waals surface area contributed by atoms with E-state index < -0.39 is 12.2 Å². The van der Waals surface area contributed by atoms with Gasteiger partial charge in [0.15, 0.2) is 0 Å². The second-order valence-corrected chi connectivity index (χ2v) is 4.18. The third-order valence-corrected chi connectivity index (χ3v) is 2.87. The van der Waals surface area contributed by atoms with Crippen LogP contribution in [-0.2, 0) is 6.42 Å². The van der Waals surface area contributed by atoms with E-state index in [0.29, 0.717) is 23.6 Å². The minimum atomic E-state index is -0.967. The molecule has 4 N–H and O–H groups in total. The van der Waals surface area contributed by atoms with Crippen molar-refractivity contribution in [2.75, 3.05) is 11.6 Å². The maximum absolute atomic E-state index is 9.93. The zero-order valence-corrected chi connectivity index (χ0v) is 10.1. The number of hydrogen-bond acceptors (Lipinski definition) is 3. The standard InChI is InChI=1S/C12H18ClNO2/c1-2-8-3-4-10(14)9(7-8)12(16)11(15)5-6-13/h3-4,7,11-12,15-16H,2,5-6,14H2,1H3. The van der Waals surface area contributed by atoms with Gasteiger partial charge in [-0.3, -0.25) is 0 Å². The number of rotatable bonds is 5. The van der Waals surface area contributed by atoms with Crippen molar-refractivity contribution < 1.29 is 10.2 Å². The molecule has 0 saturated heterocycles. The summed E-state index contributed by atoms with van der Waals surface area (Å²) in [6.45, 7) is 2.02. The average molecular weight is 244 g/mol. The van der Waals surface area contributed by atoms with Crippen molar-refractivity contribution in [1.82, 2.24) is 0 Å². The highest BCUT2D eigenvalue weighted by molar-refractivity contribution is 6.17. The molecule has 4 heteroatoms. The number of aliphatic hydroxyl groups is 2. The maximum atomic E-state index is 9.93. The summed E-state index contributed by atoms with van der Waals surface area (Å²) in [5.74, 6) is 0.311. The Morgan fingerprint density at radius 2 is 2.06 bits per heavy atom. The molecule has 0 heterocycles. The molecule has 0 bridgehead atoms. The number of aryl methyl sites for hydroxylation is 1. The van der Waals surface area contributed by atoms with Crippen LogP contribution in [0, 0.1) is 0 Å². The zero-order chi connectivity index (χ0) is 12.1. The first-order valence-corrected chi connectivity index (χ1v) is 5.94. The molecule has 1 rings (SSSR count). The van der Waals surface area contributed by atoms with Crippen LogP contribution >= 0.6 is 11.6 Å². The number of benzene rings is 1. The maximum Gasteiger partial charge on any atom is 0.107 e. The predicted octanol–water partition coefficient (Wildman–Crippen LogP) is 1.85. The molecule has 0 aliphatic carbocycles. The van der Waals surface area contributed by atoms with Crippen LogP contribution in [0.15, 0.2) is 18.2 Å². The number of nitrogen functional groups attached to an aromatic ring is 1. The van der Waals surface area contributed by atoms with Gasteiger partial charge in [-0.15, -0.1) is 11.6 Å². The molecule has 0 amide bonds. The molecule has 3 nitrogen and oxygen atoms in total. The average Bonchev–Trinajstić information content (AvgIpc) is 2.29. The molecular formula is C12H18ClNO2. The largest absolute Gasteiger partial charge is 0.398 e. The number of aliphatic hydroxyl groups excluding tert-OH is 2. The Labute approximate surface area is 101 Å². The van der Waals surface area contributed by atoms with Crippen molar-refractivity contribution >= 4 is 17.3 Å². The van der Waals surface area contributed by atoms with Gasteiger partial charge in [-0.25, -0.2) is 0 Å². The molecule has 0 saturated carbocycles. The SMILES string of the molecule is CCc1ccc(N)c(C(O)C(O)CCCl)c1. The first-order valence-electron chi connectivity index (χ1n) is 5.40. The molecule has 0 radical (unpaired) electrons. The van der Waals surface area contributed by atoms with Gasteiger partial charge in [0.1, 0.15) is 6.10 Å². The normalized spacial score (nSPS) is 14.8. The van der Waals surface area contributed by atoms with Gasteiger partial charge in [-0.2, -0.15) is 0 Å². The summed E-state index contributed by atoms with van der Waals surface area (Å²) < 4.78 is 0. The van der Waals surface area contributed by atoms with Gasteiger partial charge < -0.3 is 15.9 Å². The smallest absolute Gasteiger partial charge is 0.107 e. The molecule has 0 spiro atoms. The lowest BCUT2D eigenvalue weighted by Gasteiger charge is -2.19. The second-order valence-electron chi connectivity index (χ2n) is 3.81. The Morgan fingerprint density at radius 3 is 2.62 bits per heavy atom. The van der Waals surface area contributed by atoms with Crippen LogP contribution in [0.4, 0.5) is 5.69 Å². The Kier molecular flexibility index (Phi) is 5.06. The molecule has 0 fully saturated rings. The van der Waals surface area contributed by atoms with E-state index in [9.17, 15) is 10.2 Å². The molecule has 90 valence electrons. The third kappa shape index (κ3) is 3.11. The zero-order valence-electron chi connectivity index (χ0n) is 9.36. The van der Waals surface area contributed by atoms with E-state index in [2.05, 4.69) is 0 Å². The van der Waals surface area contributed by atoms with E-state index in [-0.39, 0.29) is 0 Å². The van der Waals surface area contributed by atoms with Crippen LogP contribution in [0.1, 0.15) is 30.6 Å². The fourth-order valence-electron chi connectivity index (χ4n) is 1.58. The summed E-state index contributed by atoms with van der Waals surface area (Å²) >= 11 is 5.52. The van der Waals surface area contributed by atoms with Crippen LogP contribution in [0.5, 0.6) is 0 Å². The summed E-state index contributed by atoms with van der Waals surface area (Å²) in [7, 11) is 0. The van der Waals surface area contributed by atoms with Crippen molar-refractivity contribution in [2.24, 2.45) is 0 Å². The number of hydrogen-bond donors (Lipinski definition) is 3. The lowest BCUT2D eigenvalue weighted by molar-refractivity contribution is 0.0174. The van der Waals surface area contributed by atoms with Crippen molar-refractivity contribution in [3.8, 4) is 0 Å². The topological polar surface area (TPSA) is 66.5 Å². The Bertz CT molecular complexity index is 344. The van der Waals surface area contributed by atoms with Gasteiger partial charge >= 0.3 is 0 Å². The molecular weight excluding hydrogens is 226 g/mol. The van der Waals surface area contributed by atoms with E-state index in [1.807, 2.05) is 19.1 Å².